The van der Waals surface area contributed by atoms with Gasteiger partial charge in [-0.2, -0.15) is 0 Å². The second-order valence-electron chi connectivity index (χ2n) is 5.96. The minimum Gasteiger partial charge on any atom is -0.481 e. The van der Waals surface area contributed by atoms with E-state index in [1.807, 2.05) is 30.3 Å². The number of piperidine rings is 1. The van der Waals surface area contributed by atoms with Gasteiger partial charge < -0.3 is 26.6 Å². The van der Waals surface area contributed by atoms with Crippen LogP contribution in [0.4, 0.5) is 4.79 Å². The number of likely N-dealkylation sites (tertiary alicyclic amines) is 1. The summed E-state index contributed by atoms with van der Waals surface area (Å²) < 4.78 is 0. The van der Waals surface area contributed by atoms with Gasteiger partial charge in [-0.05, 0) is 24.3 Å². The highest BCUT2D eigenvalue weighted by Crippen LogP contribution is 2.35. The van der Waals surface area contributed by atoms with Crippen molar-refractivity contribution in [1.82, 2.24) is 4.90 Å². The van der Waals surface area contributed by atoms with Gasteiger partial charge >= 0.3 is 18.0 Å². The molecule has 0 saturated carbocycles. The molecule has 24 heavy (non-hydrogen) atoms. The molecule has 0 aliphatic carbocycles. The molecule has 1 heterocycles. The number of primary amides is 1. The van der Waals surface area contributed by atoms with E-state index in [0.717, 1.165) is 5.56 Å². The first-order valence-electron chi connectivity index (χ1n) is 7.65. The molecule has 0 aromatic heterocycles. The summed E-state index contributed by atoms with van der Waals surface area (Å²) in [7, 11) is 0. The molecule has 1 aliphatic rings. The highest BCUT2D eigenvalue weighted by atomic mass is 16.4. The molecule has 8 nitrogen and oxygen atoms in total. The van der Waals surface area contributed by atoms with Crippen LogP contribution in [0, 0.1) is 5.92 Å². The van der Waals surface area contributed by atoms with Gasteiger partial charge in [0.1, 0.15) is 12.0 Å². The number of carboxylic acids is 2. The summed E-state index contributed by atoms with van der Waals surface area (Å²) in [4.78, 5) is 35.7. The van der Waals surface area contributed by atoms with Crippen LogP contribution in [-0.2, 0) is 9.59 Å². The van der Waals surface area contributed by atoms with E-state index in [0.29, 0.717) is 12.8 Å². The van der Waals surface area contributed by atoms with E-state index in [1.54, 1.807) is 0 Å². The number of nitrogens with two attached hydrogens (primary N) is 2. The molecule has 2 rings (SSSR count). The van der Waals surface area contributed by atoms with Crippen molar-refractivity contribution in [3.8, 4) is 0 Å². The lowest BCUT2D eigenvalue weighted by atomic mass is 9.78. The molecule has 2 amide bonds. The Kier molecular flexibility index (Phi) is 5.40. The number of aliphatic carboxylic acids is 2. The molecule has 1 aromatic rings. The topological polar surface area (TPSA) is 147 Å². The van der Waals surface area contributed by atoms with Gasteiger partial charge in [-0.3, -0.25) is 9.59 Å². The molecular formula is C16H21N3O5. The number of carboxylic acid groups (broad SMARTS) is 2. The number of carbonyl (C=O) groups is 3. The van der Waals surface area contributed by atoms with Crippen molar-refractivity contribution >= 4 is 18.0 Å². The summed E-state index contributed by atoms with van der Waals surface area (Å²) >= 11 is 0. The van der Waals surface area contributed by atoms with Gasteiger partial charge in [-0.25, -0.2) is 4.79 Å². The maximum atomic E-state index is 11.7. The van der Waals surface area contributed by atoms with Gasteiger partial charge in [0, 0.05) is 12.6 Å². The summed E-state index contributed by atoms with van der Waals surface area (Å²) in [6, 6.07) is 6.22. The van der Waals surface area contributed by atoms with Gasteiger partial charge in [0.05, 0.1) is 0 Å². The zero-order chi connectivity index (χ0) is 17.9. The van der Waals surface area contributed by atoms with Crippen LogP contribution in [0.1, 0.15) is 24.3 Å². The van der Waals surface area contributed by atoms with Gasteiger partial charge in [0.15, 0.2) is 0 Å². The molecule has 0 radical (unpaired) electrons. The Balaban J connectivity index is 2.33. The normalized spacial score (nSPS) is 23.3. The maximum Gasteiger partial charge on any atom is 0.321 e. The number of benzene rings is 1. The molecule has 1 fully saturated rings. The SMILES string of the molecule is NC(=O)N1CCC(c2ccccc2)CC1C(C(=O)O)[C@H](N)C(=O)O. The number of urea groups is 1. The number of hydrogen-bond donors (Lipinski definition) is 4. The zero-order valence-corrected chi connectivity index (χ0v) is 13.0. The third kappa shape index (κ3) is 3.65. The van der Waals surface area contributed by atoms with Crippen LogP contribution in [0.15, 0.2) is 30.3 Å². The molecule has 1 aromatic carbocycles. The Morgan fingerprint density at radius 1 is 1.12 bits per heavy atom. The highest BCUT2D eigenvalue weighted by Gasteiger charge is 2.44. The van der Waals surface area contributed by atoms with Gasteiger partial charge in [-0.1, -0.05) is 30.3 Å². The smallest absolute Gasteiger partial charge is 0.321 e. The van der Waals surface area contributed by atoms with E-state index in [9.17, 15) is 19.5 Å². The highest BCUT2D eigenvalue weighted by molar-refractivity contribution is 5.84. The van der Waals surface area contributed by atoms with Crippen LogP contribution >= 0.6 is 0 Å². The monoisotopic (exact) mass is 335 g/mol. The Hall–Kier alpha value is -2.61. The van der Waals surface area contributed by atoms with Crippen molar-refractivity contribution in [2.75, 3.05) is 6.54 Å². The number of amides is 2. The lowest BCUT2D eigenvalue weighted by Crippen LogP contribution is -2.58. The molecule has 1 saturated heterocycles. The van der Waals surface area contributed by atoms with E-state index in [-0.39, 0.29) is 12.5 Å². The van der Waals surface area contributed by atoms with Crippen molar-refractivity contribution in [3.05, 3.63) is 35.9 Å². The second-order valence-corrected chi connectivity index (χ2v) is 5.96. The van der Waals surface area contributed by atoms with Gasteiger partial charge in [0.2, 0.25) is 0 Å². The molecule has 130 valence electrons. The van der Waals surface area contributed by atoms with Crippen LogP contribution in [0.5, 0.6) is 0 Å². The Labute approximate surface area is 139 Å². The van der Waals surface area contributed by atoms with Gasteiger partial charge in [-0.15, -0.1) is 0 Å². The minimum absolute atomic E-state index is 0.00893. The first-order chi connectivity index (χ1) is 11.3. The van der Waals surface area contributed by atoms with Crippen molar-refractivity contribution in [2.24, 2.45) is 17.4 Å². The van der Waals surface area contributed by atoms with Crippen LogP contribution < -0.4 is 11.5 Å². The van der Waals surface area contributed by atoms with Crippen LogP contribution in [0.25, 0.3) is 0 Å². The number of hydrogen-bond acceptors (Lipinski definition) is 4. The van der Waals surface area contributed by atoms with E-state index < -0.39 is 36.0 Å². The average molecular weight is 335 g/mol. The van der Waals surface area contributed by atoms with E-state index >= 15 is 0 Å². The summed E-state index contributed by atoms with van der Waals surface area (Å²) in [5.74, 6) is -4.19. The van der Waals surface area contributed by atoms with Crippen molar-refractivity contribution in [2.45, 2.75) is 30.8 Å². The van der Waals surface area contributed by atoms with Crippen molar-refractivity contribution < 1.29 is 24.6 Å². The fourth-order valence-corrected chi connectivity index (χ4v) is 3.35. The predicted molar refractivity (Wildman–Crippen MR) is 85.2 cm³/mol. The molecule has 6 N–H and O–H groups in total. The molecular weight excluding hydrogens is 314 g/mol. The Morgan fingerprint density at radius 2 is 1.75 bits per heavy atom. The molecule has 1 aliphatic heterocycles. The van der Waals surface area contributed by atoms with Crippen LogP contribution in [0.2, 0.25) is 0 Å². The molecule has 8 heteroatoms. The third-order valence-electron chi connectivity index (χ3n) is 4.57. The first kappa shape index (κ1) is 17.7. The fraction of sp³-hybridized carbons (Fsp3) is 0.438. The number of nitrogens with zero attached hydrogens (tertiary/aromatic N) is 1. The van der Waals surface area contributed by atoms with E-state index in [2.05, 4.69) is 0 Å². The summed E-state index contributed by atoms with van der Waals surface area (Å²) in [5, 5.41) is 18.6. The van der Waals surface area contributed by atoms with E-state index in [1.165, 1.54) is 4.90 Å². The fourth-order valence-electron chi connectivity index (χ4n) is 3.35. The molecule has 4 atom stereocenters. The quantitative estimate of drug-likeness (QED) is 0.613. The molecule has 0 bridgehead atoms. The zero-order valence-electron chi connectivity index (χ0n) is 13.0. The van der Waals surface area contributed by atoms with Crippen molar-refractivity contribution in [3.63, 3.8) is 0 Å². The lowest BCUT2D eigenvalue weighted by Gasteiger charge is -2.42. The van der Waals surface area contributed by atoms with Gasteiger partial charge in [0.25, 0.3) is 0 Å². The summed E-state index contributed by atoms with van der Waals surface area (Å²) in [6.07, 6.45) is 0.920. The second kappa shape index (κ2) is 7.31. The first-order valence-corrected chi connectivity index (χ1v) is 7.65. The minimum atomic E-state index is -1.62. The largest absolute Gasteiger partial charge is 0.481 e. The Bertz CT molecular complexity index is 621. The van der Waals surface area contributed by atoms with Crippen LogP contribution in [0.3, 0.4) is 0 Å². The number of rotatable bonds is 5. The Morgan fingerprint density at radius 3 is 2.25 bits per heavy atom. The summed E-state index contributed by atoms with van der Waals surface area (Å²) in [6.45, 7) is 0.260. The standard InChI is InChI=1S/C16H21N3O5/c17-13(15(22)23)12(14(20)21)11-8-10(6-7-19(11)16(18)24)9-4-2-1-3-5-9/h1-5,10-13H,6-8,17H2,(H2,18,24)(H,20,21)(H,22,23)/t10?,11?,12?,13-/m0/s1. The average Bonchev–Trinajstić information content (AvgIpc) is 2.55. The van der Waals surface area contributed by atoms with Crippen LogP contribution in [-0.4, -0.2) is 51.7 Å². The molecule has 0 spiro atoms. The third-order valence-corrected chi connectivity index (χ3v) is 4.57. The lowest BCUT2D eigenvalue weighted by molar-refractivity contribution is -0.152. The number of carbonyl (C=O) groups excluding carboxylic acids is 1. The predicted octanol–water partition coefficient (Wildman–Crippen LogP) is 0.426. The summed E-state index contributed by atoms with van der Waals surface area (Å²) in [5.41, 5.74) is 12.0. The maximum absolute atomic E-state index is 11.7. The molecule has 3 unspecified atom stereocenters. The van der Waals surface area contributed by atoms with E-state index in [4.69, 9.17) is 16.6 Å². The van der Waals surface area contributed by atoms with Crippen molar-refractivity contribution in [1.29, 1.82) is 0 Å².